The molecule has 2 aromatic carbocycles. The van der Waals surface area contributed by atoms with Crippen molar-refractivity contribution in [2.24, 2.45) is 0 Å². The molecule has 2 aromatic rings. The highest BCUT2D eigenvalue weighted by Gasteiger charge is 2.04. The highest BCUT2D eigenvalue weighted by molar-refractivity contribution is 7.92. The first-order chi connectivity index (χ1) is 10.6. The third kappa shape index (κ3) is 5.71. The van der Waals surface area contributed by atoms with Gasteiger partial charge in [-0.2, -0.15) is 0 Å². The number of ether oxygens (including phenoxy) is 1. The molecule has 0 fully saturated rings. The summed E-state index contributed by atoms with van der Waals surface area (Å²) >= 11 is 0. The van der Waals surface area contributed by atoms with Crippen LogP contribution in [0.25, 0.3) is 6.08 Å². The van der Waals surface area contributed by atoms with Crippen LogP contribution < -0.4 is 9.46 Å². The van der Waals surface area contributed by atoms with Gasteiger partial charge in [0, 0.05) is 12.0 Å². The molecule has 0 aliphatic rings. The van der Waals surface area contributed by atoms with Crippen molar-refractivity contribution in [3.63, 3.8) is 0 Å². The van der Waals surface area contributed by atoms with Crippen molar-refractivity contribution in [2.45, 2.75) is 6.92 Å². The van der Waals surface area contributed by atoms with E-state index in [1.54, 1.807) is 6.08 Å². The molecule has 2 rings (SSSR count). The van der Waals surface area contributed by atoms with Gasteiger partial charge in [-0.05, 0) is 36.3 Å². The number of hydrogen-bond donors (Lipinski definition) is 1. The lowest BCUT2D eigenvalue weighted by atomic mass is 10.2. The minimum absolute atomic E-state index is 0.218. The molecule has 0 atom stereocenters. The molecular formula is C17H19NO3S. The van der Waals surface area contributed by atoms with E-state index < -0.39 is 10.0 Å². The molecule has 0 radical (unpaired) electrons. The average Bonchev–Trinajstić information content (AvgIpc) is 2.51. The van der Waals surface area contributed by atoms with Crippen molar-refractivity contribution in [2.75, 3.05) is 13.2 Å². The van der Waals surface area contributed by atoms with Gasteiger partial charge in [0.2, 0.25) is 10.0 Å². The molecule has 0 spiro atoms. The number of aryl methyl sites for hydroxylation is 1. The van der Waals surface area contributed by atoms with E-state index in [4.69, 9.17) is 4.74 Å². The van der Waals surface area contributed by atoms with Crippen molar-refractivity contribution in [3.05, 3.63) is 71.1 Å². The van der Waals surface area contributed by atoms with Crippen molar-refractivity contribution < 1.29 is 13.2 Å². The van der Waals surface area contributed by atoms with Crippen LogP contribution in [0, 0.1) is 6.92 Å². The summed E-state index contributed by atoms with van der Waals surface area (Å²) in [7, 11) is -3.45. The van der Waals surface area contributed by atoms with Crippen LogP contribution in [0.15, 0.2) is 60.0 Å². The summed E-state index contributed by atoms with van der Waals surface area (Å²) < 4.78 is 31.6. The molecule has 1 N–H and O–H groups in total. The number of rotatable bonds is 7. The minimum Gasteiger partial charge on any atom is -0.492 e. The number of hydrogen-bond acceptors (Lipinski definition) is 3. The van der Waals surface area contributed by atoms with E-state index in [1.165, 1.54) is 0 Å². The van der Waals surface area contributed by atoms with E-state index in [-0.39, 0.29) is 13.2 Å². The Balaban J connectivity index is 1.79. The first kappa shape index (κ1) is 16.3. The molecule has 4 nitrogen and oxygen atoms in total. The number of sulfonamides is 1. The Kier molecular flexibility index (Phi) is 5.75. The molecule has 0 saturated carbocycles. The van der Waals surface area contributed by atoms with E-state index in [0.29, 0.717) is 0 Å². The normalized spacial score (nSPS) is 11.7. The molecule has 0 heterocycles. The Labute approximate surface area is 131 Å². The third-order valence-corrected chi connectivity index (χ3v) is 4.00. The van der Waals surface area contributed by atoms with E-state index in [2.05, 4.69) is 4.72 Å². The summed E-state index contributed by atoms with van der Waals surface area (Å²) in [4.78, 5) is 0. The number of benzene rings is 2. The Hall–Kier alpha value is -2.11. The summed E-state index contributed by atoms with van der Waals surface area (Å²) in [6.45, 7) is 2.47. The fourth-order valence-electron chi connectivity index (χ4n) is 1.84. The van der Waals surface area contributed by atoms with Gasteiger partial charge < -0.3 is 4.74 Å². The molecule has 0 unspecified atom stereocenters. The fraction of sp³-hybridized carbons (Fsp3) is 0.176. The van der Waals surface area contributed by atoms with Gasteiger partial charge in [-0.3, -0.25) is 0 Å². The lowest BCUT2D eigenvalue weighted by Gasteiger charge is -2.07. The maximum absolute atomic E-state index is 11.8. The van der Waals surface area contributed by atoms with Gasteiger partial charge >= 0.3 is 0 Å². The van der Waals surface area contributed by atoms with E-state index in [0.717, 1.165) is 22.3 Å². The molecule has 116 valence electrons. The van der Waals surface area contributed by atoms with Gasteiger partial charge in [0.25, 0.3) is 0 Å². The summed E-state index contributed by atoms with van der Waals surface area (Å²) in [6, 6.07) is 16.9. The van der Waals surface area contributed by atoms with Crippen LogP contribution in [0.5, 0.6) is 5.75 Å². The van der Waals surface area contributed by atoms with Crippen LogP contribution in [0.2, 0.25) is 0 Å². The van der Waals surface area contributed by atoms with Crippen molar-refractivity contribution >= 4 is 16.1 Å². The first-order valence-corrected chi connectivity index (χ1v) is 8.52. The number of nitrogens with one attached hydrogen (secondary N) is 1. The van der Waals surface area contributed by atoms with Crippen LogP contribution in [0.3, 0.4) is 0 Å². The summed E-state index contributed by atoms with van der Waals surface area (Å²) in [5.41, 5.74) is 1.94. The Morgan fingerprint density at radius 3 is 2.59 bits per heavy atom. The first-order valence-electron chi connectivity index (χ1n) is 6.97. The lowest BCUT2D eigenvalue weighted by Crippen LogP contribution is -2.26. The maximum atomic E-state index is 11.8. The summed E-state index contributed by atoms with van der Waals surface area (Å²) in [5, 5.41) is 1.16. The zero-order valence-electron chi connectivity index (χ0n) is 12.4. The Morgan fingerprint density at radius 1 is 1.09 bits per heavy atom. The second kappa shape index (κ2) is 7.77. The van der Waals surface area contributed by atoms with Crippen molar-refractivity contribution in [1.82, 2.24) is 4.72 Å². The second-order valence-corrected chi connectivity index (χ2v) is 6.47. The van der Waals surface area contributed by atoms with Gasteiger partial charge in [0.15, 0.2) is 0 Å². The third-order valence-electron chi connectivity index (χ3n) is 2.90. The SMILES string of the molecule is Cc1cccc(OCCNS(=O)(=O)/C=C\c2ccccc2)c1. The van der Waals surface area contributed by atoms with Gasteiger partial charge in [0.1, 0.15) is 12.4 Å². The molecule has 0 saturated heterocycles. The quantitative estimate of drug-likeness (QED) is 0.799. The molecule has 0 amide bonds. The van der Waals surface area contributed by atoms with Crippen LogP contribution in [0.4, 0.5) is 0 Å². The van der Waals surface area contributed by atoms with Crippen molar-refractivity contribution in [3.8, 4) is 5.75 Å². The van der Waals surface area contributed by atoms with Crippen LogP contribution in [-0.2, 0) is 10.0 Å². The van der Waals surface area contributed by atoms with Crippen LogP contribution in [-0.4, -0.2) is 21.6 Å². The van der Waals surface area contributed by atoms with E-state index in [1.807, 2.05) is 61.5 Å². The van der Waals surface area contributed by atoms with Gasteiger partial charge in [0.05, 0.1) is 0 Å². The zero-order chi connectivity index (χ0) is 15.8. The lowest BCUT2D eigenvalue weighted by molar-refractivity contribution is 0.323. The average molecular weight is 317 g/mol. The van der Waals surface area contributed by atoms with Gasteiger partial charge in [-0.1, -0.05) is 42.5 Å². The second-order valence-electron chi connectivity index (χ2n) is 4.82. The zero-order valence-corrected chi connectivity index (χ0v) is 13.2. The van der Waals surface area contributed by atoms with Crippen LogP contribution in [0.1, 0.15) is 11.1 Å². The molecule has 0 aliphatic carbocycles. The van der Waals surface area contributed by atoms with Crippen molar-refractivity contribution in [1.29, 1.82) is 0 Å². The molecule has 0 aromatic heterocycles. The Morgan fingerprint density at radius 2 is 1.86 bits per heavy atom. The van der Waals surface area contributed by atoms with Gasteiger partial charge in [-0.25, -0.2) is 13.1 Å². The summed E-state index contributed by atoms with van der Waals surface area (Å²) in [6.07, 6.45) is 1.56. The standard InChI is InChI=1S/C17H19NO3S/c1-15-6-5-9-17(14-15)21-12-11-18-22(19,20)13-10-16-7-3-2-4-8-16/h2-10,13-14,18H,11-12H2,1H3/b13-10-. The summed E-state index contributed by atoms with van der Waals surface area (Å²) in [5.74, 6) is 0.735. The molecule has 5 heteroatoms. The molecule has 0 bridgehead atoms. The minimum atomic E-state index is -3.45. The van der Waals surface area contributed by atoms with E-state index >= 15 is 0 Å². The molecule has 22 heavy (non-hydrogen) atoms. The highest BCUT2D eigenvalue weighted by atomic mass is 32.2. The smallest absolute Gasteiger partial charge is 0.233 e. The predicted molar refractivity (Wildman–Crippen MR) is 89.1 cm³/mol. The van der Waals surface area contributed by atoms with Gasteiger partial charge in [-0.15, -0.1) is 0 Å². The Bertz CT molecular complexity index is 725. The topological polar surface area (TPSA) is 55.4 Å². The fourth-order valence-corrected chi connectivity index (χ4v) is 2.64. The monoisotopic (exact) mass is 317 g/mol. The molecule has 0 aliphatic heterocycles. The van der Waals surface area contributed by atoms with Crippen LogP contribution >= 0.6 is 0 Å². The largest absolute Gasteiger partial charge is 0.492 e. The highest BCUT2D eigenvalue weighted by Crippen LogP contribution is 2.11. The predicted octanol–water partition coefficient (Wildman–Crippen LogP) is 2.96. The molecular weight excluding hydrogens is 298 g/mol. The van der Waals surface area contributed by atoms with E-state index in [9.17, 15) is 8.42 Å². The maximum Gasteiger partial charge on any atom is 0.233 e.